The normalized spacial score (nSPS) is 15.0. The number of rotatable bonds is 4. The van der Waals surface area contributed by atoms with Crippen molar-refractivity contribution < 1.29 is 0 Å². The Hall–Kier alpha value is -1.83. The van der Waals surface area contributed by atoms with E-state index in [9.17, 15) is 0 Å². The van der Waals surface area contributed by atoms with Gasteiger partial charge < -0.3 is 5.32 Å². The molecule has 0 saturated heterocycles. The van der Waals surface area contributed by atoms with Crippen molar-refractivity contribution in [1.82, 2.24) is 9.97 Å². The molecular weight excluding hydrogens is 202 g/mol. The van der Waals surface area contributed by atoms with Crippen LogP contribution in [-0.4, -0.2) is 23.6 Å². The first-order chi connectivity index (χ1) is 7.79. The molecule has 1 fully saturated rings. The van der Waals surface area contributed by atoms with Gasteiger partial charge in [-0.1, -0.05) is 6.42 Å². The van der Waals surface area contributed by atoms with Crippen LogP contribution >= 0.6 is 0 Å². The first kappa shape index (κ1) is 10.7. The van der Waals surface area contributed by atoms with Gasteiger partial charge in [-0.2, -0.15) is 5.26 Å². The van der Waals surface area contributed by atoms with Gasteiger partial charge in [0, 0.05) is 19.7 Å². The zero-order valence-corrected chi connectivity index (χ0v) is 9.35. The highest BCUT2D eigenvalue weighted by Crippen LogP contribution is 2.26. The molecule has 5 nitrogen and oxygen atoms in total. The Labute approximate surface area is 95.1 Å². The minimum absolute atomic E-state index is 0.619. The lowest BCUT2D eigenvalue weighted by Gasteiger charge is -2.25. The largest absolute Gasteiger partial charge is 0.370 e. The Balaban J connectivity index is 1.95. The Morgan fingerprint density at radius 2 is 2.38 bits per heavy atom. The van der Waals surface area contributed by atoms with Crippen molar-refractivity contribution in [2.45, 2.75) is 19.3 Å². The maximum absolute atomic E-state index is 8.74. The Morgan fingerprint density at radius 3 is 3.00 bits per heavy atom. The zero-order chi connectivity index (χ0) is 11.4. The average Bonchev–Trinajstić information content (AvgIpc) is 2.26. The average molecular weight is 217 g/mol. The van der Waals surface area contributed by atoms with Gasteiger partial charge in [0.1, 0.15) is 18.0 Å². The molecule has 0 radical (unpaired) electrons. The van der Waals surface area contributed by atoms with Crippen LogP contribution < -0.4 is 10.2 Å². The number of nitriles is 1. The number of hydrogen-bond acceptors (Lipinski definition) is 5. The molecule has 1 heterocycles. The van der Waals surface area contributed by atoms with Gasteiger partial charge in [-0.25, -0.2) is 9.97 Å². The summed E-state index contributed by atoms with van der Waals surface area (Å²) in [7, 11) is 1.68. The standard InChI is InChI=1S/C11H15N5/c1-16(7-12)11-5-10(14-8-15-11)13-6-9-3-2-4-9/h5,8-9H,2-4,6H2,1H3,(H,13,14,15). The molecule has 1 aliphatic rings. The summed E-state index contributed by atoms with van der Waals surface area (Å²) < 4.78 is 0. The molecule has 0 unspecified atom stereocenters. The summed E-state index contributed by atoms with van der Waals surface area (Å²) in [5.74, 6) is 2.19. The third-order valence-corrected chi connectivity index (χ3v) is 2.94. The fourth-order valence-corrected chi connectivity index (χ4v) is 1.62. The third-order valence-electron chi connectivity index (χ3n) is 2.94. The van der Waals surface area contributed by atoms with E-state index in [1.54, 1.807) is 13.1 Å². The van der Waals surface area contributed by atoms with Gasteiger partial charge in [-0.3, -0.25) is 4.90 Å². The highest BCUT2D eigenvalue weighted by atomic mass is 15.2. The molecule has 0 aromatic carbocycles. The lowest BCUT2D eigenvalue weighted by Crippen LogP contribution is -2.21. The summed E-state index contributed by atoms with van der Waals surface area (Å²) >= 11 is 0. The van der Waals surface area contributed by atoms with E-state index in [0.29, 0.717) is 5.82 Å². The van der Waals surface area contributed by atoms with Crippen molar-refractivity contribution in [3.8, 4) is 6.19 Å². The summed E-state index contributed by atoms with van der Waals surface area (Å²) in [6.07, 6.45) is 7.45. The highest BCUT2D eigenvalue weighted by Gasteiger charge is 2.16. The lowest BCUT2D eigenvalue weighted by atomic mass is 9.85. The van der Waals surface area contributed by atoms with Crippen molar-refractivity contribution in [2.75, 3.05) is 23.8 Å². The van der Waals surface area contributed by atoms with Crippen LogP contribution in [0.15, 0.2) is 12.4 Å². The van der Waals surface area contributed by atoms with E-state index in [1.165, 1.54) is 30.5 Å². The van der Waals surface area contributed by atoms with Gasteiger partial charge in [0.25, 0.3) is 0 Å². The van der Waals surface area contributed by atoms with E-state index in [4.69, 9.17) is 5.26 Å². The van der Waals surface area contributed by atoms with Gasteiger partial charge in [-0.05, 0) is 18.8 Å². The van der Waals surface area contributed by atoms with E-state index >= 15 is 0 Å². The maximum Gasteiger partial charge on any atom is 0.185 e. The van der Waals surface area contributed by atoms with Crippen LogP contribution in [0.4, 0.5) is 11.6 Å². The minimum atomic E-state index is 0.619. The molecule has 1 saturated carbocycles. The number of hydrogen-bond donors (Lipinski definition) is 1. The van der Waals surface area contributed by atoms with Crippen LogP contribution in [-0.2, 0) is 0 Å². The molecule has 0 bridgehead atoms. The smallest absolute Gasteiger partial charge is 0.185 e. The van der Waals surface area contributed by atoms with Crippen molar-refractivity contribution in [3.63, 3.8) is 0 Å². The van der Waals surface area contributed by atoms with Gasteiger partial charge in [-0.15, -0.1) is 0 Å². The first-order valence-electron chi connectivity index (χ1n) is 5.49. The number of nitrogens with zero attached hydrogens (tertiary/aromatic N) is 4. The van der Waals surface area contributed by atoms with Crippen molar-refractivity contribution in [2.24, 2.45) is 5.92 Å². The lowest BCUT2D eigenvalue weighted by molar-refractivity contribution is 0.333. The van der Waals surface area contributed by atoms with Crippen LogP contribution in [0, 0.1) is 17.4 Å². The molecule has 1 aromatic rings. The predicted octanol–water partition coefficient (Wildman–Crippen LogP) is 1.61. The SMILES string of the molecule is CN(C#N)c1cc(NCC2CCC2)ncn1. The number of anilines is 2. The van der Waals surface area contributed by atoms with Crippen LogP contribution in [0.3, 0.4) is 0 Å². The molecule has 1 N–H and O–H groups in total. The van der Waals surface area contributed by atoms with Crippen molar-refractivity contribution >= 4 is 11.6 Å². The number of aromatic nitrogens is 2. The highest BCUT2D eigenvalue weighted by molar-refractivity contribution is 5.50. The van der Waals surface area contributed by atoms with Crippen LogP contribution in [0.25, 0.3) is 0 Å². The molecule has 1 aromatic heterocycles. The summed E-state index contributed by atoms with van der Waals surface area (Å²) in [4.78, 5) is 9.56. The second-order valence-electron chi connectivity index (χ2n) is 4.10. The number of nitrogens with one attached hydrogen (secondary N) is 1. The Bertz CT molecular complexity index is 394. The topological polar surface area (TPSA) is 64.8 Å². The zero-order valence-electron chi connectivity index (χ0n) is 9.35. The molecule has 0 aliphatic heterocycles. The molecule has 0 amide bonds. The van der Waals surface area contributed by atoms with Gasteiger partial charge in [0.15, 0.2) is 6.19 Å². The molecule has 2 rings (SSSR count). The molecular formula is C11H15N5. The first-order valence-corrected chi connectivity index (χ1v) is 5.49. The second kappa shape index (κ2) is 4.79. The molecule has 0 atom stereocenters. The molecule has 16 heavy (non-hydrogen) atoms. The van der Waals surface area contributed by atoms with Gasteiger partial charge >= 0.3 is 0 Å². The second-order valence-corrected chi connectivity index (χ2v) is 4.10. The predicted molar refractivity (Wildman–Crippen MR) is 61.9 cm³/mol. The fraction of sp³-hybridized carbons (Fsp3) is 0.545. The van der Waals surface area contributed by atoms with Crippen molar-refractivity contribution in [1.29, 1.82) is 5.26 Å². The summed E-state index contributed by atoms with van der Waals surface area (Å²) in [6.45, 7) is 0.965. The molecule has 1 aliphatic carbocycles. The summed E-state index contributed by atoms with van der Waals surface area (Å²) in [6, 6.07) is 1.79. The van der Waals surface area contributed by atoms with E-state index < -0.39 is 0 Å². The Morgan fingerprint density at radius 1 is 1.56 bits per heavy atom. The molecule has 0 spiro atoms. The van der Waals surface area contributed by atoms with Crippen LogP contribution in [0.1, 0.15) is 19.3 Å². The van der Waals surface area contributed by atoms with Crippen molar-refractivity contribution in [3.05, 3.63) is 12.4 Å². The van der Waals surface area contributed by atoms with Crippen LogP contribution in [0.5, 0.6) is 0 Å². The monoisotopic (exact) mass is 217 g/mol. The maximum atomic E-state index is 8.74. The van der Waals surface area contributed by atoms with E-state index in [1.807, 2.05) is 6.19 Å². The third kappa shape index (κ3) is 2.40. The fourth-order valence-electron chi connectivity index (χ4n) is 1.62. The van der Waals surface area contributed by atoms with Crippen LogP contribution in [0.2, 0.25) is 0 Å². The van der Waals surface area contributed by atoms with E-state index in [0.717, 1.165) is 18.3 Å². The molecule has 5 heteroatoms. The van der Waals surface area contributed by atoms with Gasteiger partial charge in [0.2, 0.25) is 0 Å². The summed E-state index contributed by atoms with van der Waals surface area (Å²) in [5, 5.41) is 12.0. The Kier molecular flexibility index (Phi) is 3.20. The minimum Gasteiger partial charge on any atom is -0.370 e. The van der Waals surface area contributed by atoms with E-state index in [-0.39, 0.29) is 0 Å². The quantitative estimate of drug-likeness (QED) is 0.613. The molecule has 84 valence electrons. The van der Waals surface area contributed by atoms with E-state index in [2.05, 4.69) is 15.3 Å². The summed E-state index contributed by atoms with van der Waals surface area (Å²) in [5.41, 5.74) is 0. The van der Waals surface area contributed by atoms with Gasteiger partial charge in [0.05, 0.1) is 0 Å².